The highest BCUT2D eigenvalue weighted by Gasteiger charge is 2.45. The summed E-state index contributed by atoms with van der Waals surface area (Å²) in [5, 5.41) is 11.4. The summed E-state index contributed by atoms with van der Waals surface area (Å²) in [4.78, 5) is 26.7. The molecular formula is C23H20ClNO4. The maximum absolute atomic E-state index is 12.8. The van der Waals surface area contributed by atoms with E-state index in [0.717, 1.165) is 0 Å². The second kappa shape index (κ2) is 8.80. The lowest BCUT2D eigenvalue weighted by molar-refractivity contribution is -0.139. The van der Waals surface area contributed by atoms with E-state index < -0.39 is 17.7 Å². The lowest BCUT2D eigenvalue weighted by Crippen LogP contribution is -2.29. The molecule has 29 heavy (non-hydrogen) atoms. The van der Waals surface area contributed by atoms with Crippen molar-refractivity contribution in [2.75, 3.05) is 13.2 Å². The average Bonchev–Trinajstić information content (AvgIpc) is 2.97. The molecule has 0 aliphatic carbocycles. The van der Waals surface area contributed by atoms with Gasteiger partial charge in [0, 0.05) is 17.1 Å². The Morgan fingerprint density at radius 1 is 1.14 bits per heavy atom. The third-order valence-corrected chi connectivity index (χ3v) is 4.76. The molecule has 1 heterocycles. The monoisotopic (exact) mass is 409 g/mol. The predicted octanol–water partition coefficient (Wildman–Crippen LogP) is 4.51. The number of carbonyl (C=O) groups is 2. The smallest absolute Gasteiger partial charge is 0.295 e. The summed E-state index contributed by atoms with van der Waals surface area (Å²) >= 11 is 6.12. The molecular weight excluding hydrogens is 390 g/mol. The molecule has 2 aromatic rings. The van der Waals surface area contributed by atoms with Gasteiger partial charge in [-0.1, -0.05) is 42.5 Å². The Hall–Kier alpha value is -3.31. The van der Waals surface area contributed by atoms with E-state index in [1.165, 1.54) is 11.0 Å². The first kappa shape index (κ1) is 20.4. The van der Waals surface area contributed by atoms with Crippen LogP contribution in [0, 0.1) is 0 Å². The molecule has 3 rings (SSSR count). The highest BCUT2D eigenvalue weighted by Crippen LogP contribution is 2.40. The molecule has 1 unspecified atom stereocenters. The molecule has 0 radical (unpaired) electrons. The maximum Gasteiger partial charge on any atom is 0.295 e. The Morgan fingerprint density at radius 2 is 1.86 bits per heavy atom. The summed E-state index contributed by atoms with van der Waals surface area (Å²) in [5.41, 5.74) is 1.05. The van der Waals surface area contributed by atoms with Crippen LogP contribution < -0.4 is 4.74 Å². The van der Waals surface area contributed by atoms with Crippen molar-refractivity contribution in [1.29, 1.82) is 0 Å². The average molecular weight is 410 g/mol. The van der Waals surface area contributed by atoms with Crippen LogP contribution >= 0.6 is 11.6 Å². The van der Waals surface area contributed by atoms with E-state index in [1.807, 2.05) is 0 Å². The van der Waals surface area contributed by atoms with Gasteiger partial charge in [0.15, 0.2) is 0 Å². The van der Waals surface area contributed by atoms with Gasteiger partial charge in [0.2, 0.25) is 0 Å². The van der Waals surface area contributed by atoms with E-state index in [1.54, 1.807) is 54.6 Å². The lowest BCUT2D eigenvalue weighted by atomic mass is 9.95. The topological polar surface area (TPSA) is 66.8 Å². The van der Waals surface area contributed by atoms with Crippen LogP contribution in [0.3, 0.4) is 0 Å². The number of hydrogen-bond donors (Lipinski definition) is 1. The van der Waals surface area contributed by atoms with Crippen molar-refractivity contribution in [1.82, 2.24) is 4.90 Å². The summed E-state index contributed by atoms with van der Waals surface area (Å²) in [6.07, 6.45) is 3.16. The zero-order chi connectivity index (χ0) is 21.0. The number of carbonyl (C=O) groups excluding carboxylic acids is 2. The standard InChI is InChI=1S/C23H20ClNO4/c1-3-12-25-20(16-6-5-7-17(24)14-16)19(22(27)23(25)28)21(26)15-8-10-18(11-9-15)29-13-4-2/h3-11,14,20,26H,1-2,12-13H2. The van der Waals surface area contributed by atoms with Crippen molar-refractivity contribution in [2.24, 2.45) is 0 Å². The van der Waals surface area contributed by atoms with Gasteiger partial charge in [0.1, 0.15) is 18.1 Å². The van der Waals surface area contributed by atoms with Crippen molar-refractivity contribution in [3.05, 3.63) is 95.6 Å². The van der Waals surface area contributed by atoms with Gasteiger partial charge in [-0.25, -0.2) is 0 Å². The zero-order valence-corrected chi connectivity index (χ0v) is 16.4. The normalized spacial score (nSPS) is 18.0. The van der Waals surface area contributed by atoms with Crippen LogP contribution in [0.4, 0.5) is 0 Å². The molecule has 1 amide bonds. The van der Waals surface area contributed by atoms with Gasteiger partial charge >= 0.3 is 0 Å². The van der Waals surface area contributed by atoms with Crippen molar-refractivity contribution in [2.45, 2.75) is 6.04 Å². The van der Waals surface area contributed by atoms with Crippen LogP contribution in [-0.2, 0) is 9.59 Å². The number of benzene rings is 2. The molecule has 5 nitrogen and oxygen atoms in total. The minimum atomic E-state index is -0.761. The van der Waals surface area contributed by atoms with Crippen LogP contribution in [0.25, 0.3) is 5.76 Å². The van der Waals surface area contributed by atoms with Crippen LogP contribution in [-0.4, -0.2) is 34.8 Å². The fraction of sp³-hybridized carbons (Fsp3) is 0.130. The number of nitrogens with zero attached hydrogens (tertiary/aromatic N) is 1. The zero-order valence-electron chi connectivity index (χ0n) is 15.7. The third kappa shape index (κ3) is 4.10. The first-order valence-electron chi connectivity index (χ1n) is 8.96. The predicted molar refractivity (Wildman–Crippen MR) is 113 cm³/mol. The fourth-order valence-electron chi connectivity index (χ4n) is 3.25. The van der Waals surface area contributed by atoms with Crippen LogP contribution in [0.2, 0.25) is 5.02 Å². The Morgan fingerprint density at radius 3 is 2.48 bits per heavy atom. The maximum atomic E-state index is 12.8. The fourth-order valence-corrected chi connectivity index (χ4v) is 3.45. The number of aliphatic hydroxyl groups is 1. The third-order valence-electron chi connectivity index (χ3n) is 4.53. The first-order chi connectivity index (χ1) is 14.0. The molecule has 1 aliphatic rings. The molecule has 0 saturated carbocycles. The van der Waals surface area contributed by atoms with Crippen molar-refractivity contribution in [3.8, 4) is 5.75 Å². The molecule has 0 aromatic heterocycles. The molecule has 6 heteroatoms. The van der Waals surface area contributed by atoms with Gasteiger partial charge in [0.05, 0.1) is 11.6 Å². The Bertz CT molecular complexity index is 994. The second-order valence-corrected chi connectivity index (χ2v) is 6.86. The quantitative estimate of drug-likeness (QED) is 0.316. The molecule has 2 aromatic carbocycles. The van der Waals surface area contributed by atoms with E-state index in [2.05, 4.69) is 13.2 Å². The molecule has 1 N–H and O–H groups in total. The molecule has 1 aliphatic heterocycles. The van der Waals surface area contributed by atoms with E-state index in [0.29, 0.717) is 28.5 Å². The number of ether oxygens (including phenoxy) is 1. The molecule has 148 valence electrons. The van der Waals surface area contributed by atoms with Crippen molar-refractivity contribution < 1.29 is 19.4 Å². The molecule has 0 bridgehead atoms. The van der Waals surface area contributed by atoms with Crippen molar-refractivity contribution in [3.63, 3.8) is 0 Å². The number of amides is 1. The summed E-state index contributed by atoms with van der Waals surface area (Å²) in [7, 11) is 0. The highest BCUT2D eigenvalue weighted by molar-refractivity contribution is 6.46. The molecule has 1 saturated heterocycles. The number of likely N-dealkylation sites (tertiary alicyclic amines) is 1. The van der Waals surface area contributed by atoms with Gasteiger partial charge in [-0.15, -0.1) is 6.58 Å². The van der Waals surface area contributed by atoms with E-state index >= 15 is 0 Å². The van der Waals surface area contributed by atoms with Gasteiger partial charge in [-0.3, -0.25) is 9.59 Å². The van der Waals surface area contributed by atoms with Gasteiger partial charge in [0.25, 0.3) is 11.7 Å². The van der Waals surface area contributed by atoms with E-state index in [9.17, 15) is 14.7 Å². The van der Waals surface area contributed by atoms with Crippen LogP contribution in [0.5, 0.6) is 5.75 Å². The lowest BCUT2D eigenvalue weighted by Gasteiger charge is -2.24. The number of Topliss-reactive ketones (excluding diaryl/α,β-unsaturated/α-hetero) is 1. The SMILES string of the molecule is C=CCOc1ccc(C(O)=C2C(=O)C(=O)N(CC=C)C2c2cccc(Cl)c2)cc1. The number of ketones is 1. The van der Waals surface area contributed by atoms with Crippen LogP contribution in [0.1, 0.15) is 17.2 Å². The minimum Gasteiger partial charge on any atom is -0.507 e. The number of aliphatic hydroxyl groups excluding tert-OH is 1. The Kier molecular flexibility index (Phi) is 6.20. The Labute approximate surface area is 174 Å². The van der Waals surface area contributed by atoms with E-state index in [-0.39, 0.29) is 17.9 Å². The summed E-state index contributed by atoms with van der Waals surface area (Å²) in [6, 6.07) is 12.7. The second-order valence-electron chi connectivity index (χ2n) is 6.42. The van der Waals surface area contributed by atoms with Crippen LogP contribution in [0.15, 0.2) is 79.4 Å². The highest BCUT2D eigenvalue weighted by atomic mass is 35.5. The number of hydrogen-bond acceptors (Lipinski definition) is 4. The number of halogens is 1. The minimum absolute atomic E-state index is 0.0128. The first-order valence-corrected chi connectivity index (χ1v) is 9.34. The molecule has 0 spiro atoms. The summed E-state index contributed by atoms with van der Waals surface area (Å²) in [5.74, 6) is -1.10. The van der Waals surface area contributed by atoms with Crippen molar-refractivity contribution >= 4 is 29.1 Å². The largest absolute Gasteiger partial charge is 0.507 e. The molecule has 1 fully saturated rings. The summed E-state index contributed by atoms with van der Waals surface area (Å²) in [6.45, 7) is 7.77. The van der Waals surface area contributed by atoms with Gasteiger partial charge in [-0.05, 0) is 42.0 Å². The molecule has 1 atom stereocenters. The number of rotatable bonds is 7. The van der Waals surface area contributed by atoms with Gasteiger partial charge < -0.3 is 14.7 Å². The van der Waals surface area contributed by atoms with Gasteiger partial charge in [-0.2, -0.15) is 0 Å². The summed E-state index contributed by atoms with van der Waals surface area (Å²) < 4.78 is 5.44. The van der Waals surface area contributed by atoms with E-state index in [4.69, 9.17) is 16.3 Å². The Balaban J connectivity index is 2.09.